The molecule has 31 heavy (non-hydrogen) atoms. The Kier molecular flexibility index (Phi) is 5.28. The van der Waals surface area contributed by atoms with Crippen molar-refractivity contribution < 1.29 is 23.8 Å². The van der Waals surface area contributed by atoms with E-state index in [0.29, 0.717) is 10.7 Å². The van der Waals surface area contributed by atoms with Crippen LogP contribution in [0.5, 0.6) is 5.75 Å². The molecule has 0 radical (unpaired) electrons. The smallest absolute Gasteiger partial charge is 0.301 e. The molecule has 1 aliphatic heterocycles. The molecule has 0 unspecified atom stereocenters. The van der Waals surface area contributed by atoms with Gasteiger partial charge in [0.2, 0.25) is 0 Å². The first-order valence-electron chi connectivity index (χ1n) is 9.32. The van der Waals surface area contributed by atoms with Crippen molar-refractivity contribution in [2.75, 3.05) is 12.0 Å². The number of hydrogen-bond donors (Lipinski definition) is 1. The van der Waals surface area contributed by atoms with Crippen molar-refractivity contribution in [2.45, 2.75) is 19.9 Å². The molecule has 1 aromatic carbocycles. The summed E-state index contributed by atoms with van der Waals surface area (Å²) < 4.78 is 19.1. The van der Waals surface area contributed by atoms with E-state index in [1.54, 1.807) is 18.3 Å². The molecule has 3 heterocycles. The van der Waals surface area contributed by atoms with E-state index in [9.17, 15) is 19.1 Å². The number of rotatable bonds is 4. The van der Waals surface area contributed by atoms with Gasteiger partial charge in [0.15, 0.2) is 16.7 Å². The highest BCUT2D eigenvalue weighted by Gasteiger charge is 2.48. The Morgan fingerprint density at radius 2 is 2.03 bits per heavy atom. The van der Waals surface area contributed by atoms with Crippen LogP contribution in [0.25, 0.3) is 5.76 Å². The number of pyridine rings is 1. The Morgan fingerprint density at radius 1 is 1.26 bits per heavy atom. The summed E-state index contributed by atoms with van der Waals surface area (Å²) in [5.74, 6) is -2.90. The van der Waals surface area contributed by atoms with Crippen LogP contribution >= 0.6 is 11.3 Å². The number of aryl methyl sites for hydroxylation is 2. The van der Waals surface area contributed by atoms with Crippen LogP contribution in [0.3, 0.4) is 0 Å². The second-order valence-corrected chi connectivity index (χ2v) is 8.12. The lowest BCUT2D eigenvalue weighted by atomic mass is 9.96. The third-order valence-corrected chi connectivity index (χ3v) is 6.17. The Bertz CT molecular complexity index is 1200. The van der Waals surface area contributed by atoms with Crippen LogP contribution in [-0.2, 0) is 9.59 Å². The van der Waals surface area contributed by atoms with Gasteiger partial charge in [-0.05, 0) is 43.7 Å². The van der Waals surface area contributed by atoms with Crippen molar-refractivity contribution >= 4 is 33.9 Å². The number of methoxy groups -OCH3 is 1. The maximum absolute atomic E-state index is 14.2. The van der Waals surface area contributed by atoms with E-state index in [-0.39, 0.29) is 16.9 Å². The second kappa shape index (κ2) is 7.92. The van der Waals surface area contributed by atoms with Crippen LogP contribution in [0.15, 0.2) is 48.3 Å². The number of aliphatic hydroxyl groups excluding tert-OH is 1. The summed E-state index contributed by atoms with van der Waals surface area (Å²) in [6, 6.07) is 6.23. The lowest BCUT2D eigenvalue weighted by molar-refractivity contribution is -0.132. The Balaban J connectivity index is 1.93. The lowest BCUT2D eigenvalue weighted by Crippen LogP contribution is -2.29. The highest BCUT2D eigenvalue weighted by atomic mass is 32.1. The molecule has 158 valence electrons. The molecule has 3 aromatic rings. The zero-order valence-corrected chi connectivity index (χ0v) is 17.7. The molecule has 1 atom stereocenters. The van der Waals surface area contributed by atoms with Crippen LogP contribution in [0.1, 0.15) is 27.7 Å². The van der Waals surface area contributed by atoms with Crippen molar-refractivity contribution in [3.8, 4) is 5.75 Å². The Labute approximate surface area is 181 Å². The highest BCUT2D eigenvalue weighted by Crippen LogP contribution is 2.43. The molecular formula is C22H18FN3O4S. The predicted molar refractivity (Wildman–Crippen MR) is 114 cm³/mol. The van der Waals surface area contributed by atoms with Crippen LogP contribution in [0.2, 0.25) is 0 Å². The van der Waals surface area contributed by atoms with E-state index in [2.05, 4.69) is 9.97 Å². The molecule has 0 bridgehead atoms. The number of nitrogens with zero attached hydrogens (tertiary/aromatic N) is 3. The molecule has 0 saturated carbocycles. The maximum atomic E-state index is 14.2. The fourth-order valence-corrected chi connectivity index (χ4v) is 4.35. The first-order valence-corrected chi connectivity index (χ1v) is 10.1. The second-order valence-electron chi connectivity index (χ2n) is 6.94. The highest BCUT2D eigenvalue weighted by molar-refractivity contribution is 7.16. The van der Waals surface area contributed by atoms with Gasteiger partial charge in [-0.25, -0.2) is 9.37 Å². The number of benzene rings is 1. The number of halogens is 1. The van der Waals surface area contributed by atoms with Gasteiger partial charge >= 0.3 is 5.91 Å². The molecule has 0 spiro atoms. The van der Waals surface area contributed by atoms with E-state index in [1.807, 2.05) is 13.8 Å². The van der Waals surface area contributed by atoms with E-state index in [0.717, 1.165) is 16.6 Å². The van der Waals surface area contributed by atoms with Gasteiger partial charge in [-0.2, -0.15) is 0 Å². The monoisotopic (exact) mass is 439 g/mol. The van der Waals surface area contributed by atoms with Crippen molar-refractivity contribution in [3.63, 3.8) is 0 Å². The van der Waals surface area contributed by atoms with Crippen LogP contribution < -0.4 is 9.64 Å². The number of anilines is 1. The largest absolute Gasteiger partial charge is 0.507 e. The van der Waals surface area contributed by atoms with E-state index < -0.39 is 29.3 Å². The van der Waals surface area contributed by atoms with Gasteiger partial charge in [0.1, 0.15) is 5.76 Å². The van der Waals surface area contributed by atoms with Crippen LogP contribution in [-0.4, -0.2) is 33.9 Å². The molecule has 2 aromatic heterocycles. The summed E-state index contributed by atoms with van der Waals surface area (Å²) in [5.41, 5.74) is 1.15. The maximum Gasteiger partial charge on any atom is 0.301 e. The minimum Gasteiger partial charge on any atom is -0.507 e. The number of carbonyl (C=O) groups is 2. The number of Topliss-reactive ketones (excluding diaryl/α,β-unsaturated/α-hetero) is 1. The third kappa shape index (κ3) is 3.46. The molecular weight excluding hydrogens is 421 g/mol. The van der Waals surface area contributed by atoms with Gasteiger partial charge in [-0.15, -0.1) is 11.3 Å². The summed E-state index contributed by atoms with van der Waals surface area (Å²) in [5, 5.41) is 11.3. The van der Waals surface area contributed by atoms with Gasteiger partial charge in [0, 0.05) is 22.8 Å². The summed E-state index contributed by atoms with van der Waals surface area (Å²) >= 11 is 1.27. The first kappa shape index (κ1) is 20.7. The standard InChI is InChI=1S/C22H18FN3O4S/c1-11-12(2)31-22(25-11)26-18(14-5-4-8-24-10-14)17(20(28)21(26)29)19(27)13-6-7-16(30-3)15(23)9-13/h4-10,18,27H,1-3H3/b19-17+/t18-/m0/s1. The molecule has 9 heteroatoms. The zero-order valence-electron chi connectivity index (χ0n) is 16.9. The minimum absolute atomic E-state index is 0.00505. The zero-order chi connectivity index (χ0) is 22.3. The van der Waals surface area contributed by atoms with Gasteiger partial charge in [0.25, 0.3) is 5.78 Å². The fraction of sp³-hybridized carbons (Fsp3) is 0.182. The van der Waals surface area contributed by atoms with Gasteiger partial charge in [-0.3, -0.25) is 19.5 Å². The number of ether oxygens (including phenoxy) is 1. The molecule has 4 rings (SSSR count). The fourth-order valence-electron chi connectivity index (χ4n) is 3.41. The van der Waals surface area contributed by atoms with Crippen molar-refractivity contribution in [2.24, 2.45) is 0 Å². The molecule has 1 N–H and O–H groups in total. The number of carbonyl (C=O) groups excluding carboxylic acids is 2. The topological polar surface area (TPSA) is 92.6 Å². The van der Waals surface area contributed by atoms with Crippen LogP contribution in [0.4, 0.5) is 9.52 Å². The molecule has 1 saturated heterocycles. The summed E-state index contributed by atoms with van der Waals surface area (Å²) in [6.45, 7) is 3.68. The van der Waals surface area contributed by atoms with Crippen molar-refractivity contribution in [3.05, 3.63) is 75.8 Å². The van der Waals surface area contributed by atoms with Crippen molar-refractivity contribution in [1.82, 2.24) is 9.97 Å². The summed E-state index contributed by atoms with van der Waals surface area (Å²) in [7, 11) is 1.32. The van der Waals surface area contributed by atoms with Crippen molar-refractivity contribution in [1.29, 1.82) is 0 Å². The number of ketones is 1. The van der Waals surface area contributed by atoms with E-state index in [4.69, 9.17) is 4.74 Å². The van der Waals surface area contributed by atoms with Gasteiger partial charge in [-0.1, -0.05) is 6.07 Å². The Morgan fingerprint density at radius 3 is 2.61 bits per heavy atom. The predicted octanol–water partition coefficient (Wildman–Crippen LogP) is 3.93. The number of thiazole rings is 1. The average molecular weight is 439 g/mol. The number of hydrogen-bond acceptors (Lipinski definition) is 7. The first-order chi connectivity index (χ1) is 14.8. The van der Waals surface area contributed by atoms with Gasteiger partial charge < -0.3 is 9.84 Å². The third-order valence-electron chi connectivity index (χ3n) is 5.09. The molecule has 7 nitrogen and oxygen atoms in total. The van der Waals surface area contributed by atoms with Gasteiger partial charge in [0.05, 0.1) is 24.4 Å². The molecule has 1 aliphatic rings. The van der Waals surface area contributed by atoms with E-state index >= 15 is 0 Å². The SMILES string of the molecule is COc1ccc(/C(O)=C2\C(=O)C(=O)N(c3nc(C)c(C)s3)[C@H]2c2cccnc2)cc1F. The lowest BCUT2D eigenvalue weighted by Gasteiger charge is -2.22. The molecule has 1 fully saturated rings. The number of amides is 1. The molecule has 0 aliphatic carbocycles. The average Bonchev–Trinajstić information content (AvgIpc) is 3.23. The van der Waals surface area contributed by atoms with Crippen LogP contribution in [0, 0.1) is 19.7 Å². The number of aliphatic hydroxyl groups is 1. The summed E-state index contributed by atoms with van der Waals surface area (Å²) in [6.07, 6.45) is 3.07. The normalized spacial score (nSPS) is 17.9. The Hall–Kier alpha value is -3.59. The molecule has 1 amide bonds. The summed E-state index contributed by atoms with van der Waals surface area (Å²) in [4.78, 5) is 36.7. The quantitative estimate of drug-likeness (QED) is 0.376. The minimum atomic E-state index is -0.955. The number of aromatic nitrogens is 2. The van der Waals surface area contributed by atoms with E-state index in [1.165, 1.54) is 41.7 Å².